The lowest BCUT2D eigenvalue weighted by Crippen LogP contribution is -2.41. The summed E-state index contributed by atoms with van der Waals surface area (Å²) < 4.78 is 5.75. The van der Waals surface area contributed by atoms with Crippen LogP contribution in [0.2, 0.25) is 0 Å². The van der Waals surface area contributed by atoms with Crippen LogP contribution in [-0.4, -0.2) is 42.0 Å². The van der Waals surface area contributed by atoms with E-state index in [0.29, 0.717) is 11.6 Å². The molecule has 2 fully saturated rings. The van der Waals surface area contributed by atoms with E-state index in [1.54, 1.807) is 12.3 Å². The van der Waals surface area contributed by atoms with Crippen molar-refractivity contribution in [2.24, 2.45) is 11.8 Å². The van der Waals surface area contributed by atoms with Crippen LogP contribution in [0, 0.1) is 11.8 Å². The van der Waals surface area contributed by atoms with Gasteiger partial charge in [0.1, 0.15) is 11.4 Å². The second-order valence-electron chi connectivity index (χ2n) is 10.3. The van der Waals surface area contributed by atoms with Crippen molar-refractivity contribution in [2.45, 2.75) is 70.4 Å². The van der Waals surface area contributed by atoms with Gasteiger partial charge < -0.3 is 15.0 Å². The fourth-order valence-electron chi connectivity index (χ4n) is 5.30. The summed E-state index contributed by atoms with van der Waals surface area (Å²) >= 11 is 0. The van der Waals surface area contributed by atoms with Gasteiger partial charge in [-0.05, 0) is 92.1 Å². The minimum Gasteiger partial charge on any atom is -0.492 e. The predicted molar refractivity (Wildman–Crippen MR) is 130 cm³/mol. The van der Waals surface area contributed by atoms with Gasteiger partial charge in [0.25, 0.3) is 5.91 Å². The van der Waals surface area contributed by atoms with Gasteiger partial charge in [-0.3, -0.25) is 4.79 Å². The van der Waals surface area contributed by atoms with Crippen LogP contribution in [-0.2, 0) is 19.4 Å². The van der Waals surface area contributed by atoms with Gasteiger partial charge >= 0.3 is 0 Å². The highest BCUT2D eigenvalue weighted by Gasteiger charge is 2.27. The summed E-state index contributed by atoms with van der Waals surface area (Å²) in [7, 11) is 1.92. The molecule has 1 N–H and O–H groups in total. The normalized spacial score (nSPS) is 20.5. The number of carbonyl (C=O) groups excluding carboxylic acids is 1. The largest absolute Gasteiger partial charge is 0.492 e. The maximum absolute atomic E-state index is 13.0. The molecule has 5 heteroatoms. The number of fused-ring (bicyclic) bond motifs is 1. The lowest BCUT2D eigenvalue weighted by molar-refractivity contribution is 0.0713. The first-order chi connectivity index (χ1) is 16.2. The standard InChI is InChI=1S/C28H37N3O2/c1-31(28(32)27-13-12-26(18-30-27)33-19-21-6-7-21)25-11-10-23-14-22(8-9-24(23)15-25)17-29-16-20-4-2-3-5-20/h8-9,12-14,18,20-21,25,29H,2-7,10-11,15-17,19H2,1H3/t25-/m0/s1. The molecule has 0 unspecified atom stereocenters. The van der Waals surface area contributed by atoms with Crippen molar-refractivity contribution in [3.8, 4) is 5.75 Å². The van der Waals surface area contributed by atoms with Crippen LogP contribution in [0.4, 0.5) is 0 Å². The number of aromatic nitrogens is 1. The molecular weight excluding hydrogens is 410 g/mol. The Labute approximate surface area is 197 Å². The number of likely N-dealkylation sites (N-methyl/N-ethyl adjacent to an activating group) is 1. The average molecular weight is 448 g/mol. The number of aryl methyl sites for hydroxylation is 1. The molecule has 5 nitrogen and oxygen atoms in total. The quantitative estimate of drug-likeness (QED) is 0.601. The predicted octanol–water partition coefficient (Wildman–Crippen LogP) is 4.78. The molecule has 1 atom stereocenters. The zero-order valence-corrected chi connectivity index (χ0v) is 19.9. The van der Waals surface area contributed by atoms with E-state index in [4.69, 9.17) is 4.74 Å². The molecule has 2 saturated carbocycles. The number of carbonyl (C=O) groups is 1. The first kappa shape index (κ1) is 22.4. The summed E-state index contributed by atoms with van der Waals surface area (Å²) in [6, 6.07) is 10.8. The van der Waals surface area contributed by atoms with Crippen LogP contribution < -0.4 is 10.1 Å². The Morgan fingerprint density at radius 2 is 1.91 bits per heavy atom. The molecule has 1 aromatic carbocycles. The van der Waals surface area contributed by atoms with Crippen molar-refractivity contribution in [1.29, 1.82) is 0 Å². The summed E-state index contributed by atoms with van der Waals surface area (Å²) in [5.74, 6) is 2.32. The van der Waals surface area contributed by atoms with E-state index in [2.05, 4.69) is 28.5 Å². The fraction of sp³-hybridized carbons (Fsp3) is 0.571. The number of hydrogen-bond acceptors (Lipinski definition) is 4. The summed E-state index contributed by atoms with van der Waals surface area (Å²) in [5.41, 5.74) is 4.69. The maximum Gasteiger partial charge on any atom is 0.272 e. The molecule has 1 amide bonds. The molecule has 0 aliphatic heterocycles. The topological polar surface area (TPSA) is 54.5 Å². The second-order valence-corrected chi connectivity index (χ2v) is 10.3. The monoisotopic (exact) mass is 447 g/mol. The van der Waals surface area contributed by atoms with Crippen molar-refractivity contribution in [3.05, 3.63) is 58.9 Å². The molecule has 1 aromatic heterocycles. The molecule has 3 aliphatic rings. The smallest absolute Gasteiger partial charge is 0.272 e. The third-order valence-electron chi connectivity index (χ3n) is 7.72. The third kappa shape index (κ3) is 5.75. The summed E-state index contributed by atoms with van der Waals surface area (Å²) in [6.07, 6.45) is 12.7. The van der Waals surface area contributed by atoms with E-state index >= 15 is 0 Å². The lowest BCUT2D eigenvalue weighted by Gasteiger charge is -2.32. The van der Waals surface area contributed by atoms with E-state index in [1.165, 1.54) is 55.2 Å². The summed E-state index contributed by atoms with van der Waals surface area (Å²) in [6.45, 7) is 2.86. The first-order valence-electron chi connectivity index (χ1n) is 12.8. The van der Waals surface area contributed by atoms with Crippen molar-refractivity contribution in [3.63, 3.8) is 0 Å². The van der Waals surface area contributed by atoms with Gasteiger partial charge in [-0.1, -0.05) is 31.0 Å². The second kappa shape index (κ2) is 10.3. The molecular formula is C28H37N3O2. The highest BCUT2D eigenvalue weighted by molar-refractivity contribution is 5.92. The van der Waals surface area contributed by atoms with Gasteiger partial charge in [0, 0.05) is 19.6 Å². The van der Waals surface area contributed by atoms with E-state index in [9.17, 15) is 4.79 Å². The minimum atomic E-state index is -0.00933. The Balaban J connectivity index is 1.13. The Bertz CT molecular complexity index is 948. The average Bonchev–Trinajstić information content (AvgIpc) is 3.55. The Morgan fingerprint density at radius 3 is 2.67 bits per heavy atom. The van der Waals surface area contributed by atoms with Crippen LogP contribution in [0.25, 0.3) is 0 Å². The van der Waals surface area contributed by atoms with Crippen molar-refractivity contribution in [2.75, 3.05) is 20.2 Å². The Morgan fingerprint density at radius 1 is 1.06 bits per heavy atom. The van der Waals surface area contributed by atoms with Crippen LogP contribution in [0.1, 0.15) is 72.1 Å². The van der Waals surface area contributed by atoms with Gasteiger partial charge in [-0.15, -0.1) is 0 Å². The van der Waals surface area contributed by atoms with E-state index in [0.717, 1.165) is 50.6 Å². The molecule has 0 spiro atoms. The van der Waals surface area contributed by atoms with Crippen LogP contribution in [0.5, 0.6) is 5.75 Å². The summed E-state index contributed by atoms with van der Waals surface area (Å²) in [5, 5.41) is 3.66. The molecule has 2 aromatic rings. The molecule has 3 aliphatic carbocycles. The van der Waals surface area contributed by atoms with Gasteiger partial charge in [0.05, 0.1) is 12.8 Å². The van der Waals surface area contributed by atoms with Crippen LogP contribution >= 0.6 is 0 Å². The van der Waals surface area contributed by atoms with Crippen LogP contribution in [0.15, 0.2) is 36.5 Å². The summed E-state index contributed by atoms with van der Waals surface area (Å²) in [4.78, 5) is 19.3. The Kier molecular flexibility index (Phi) is 6.96. The van der Waals surface area contributed by atoms with E-state index < -0.39 is 0 Å². The van der Waals surface area contributed by atoms with Gasteiger partial charge in [0.15, 0.2) is 0 Å². The van der Waals surface area contributed by atoms with Crippen LogP contribution in [0.3, 0.4) is 0 Å². The highest BCUT2D eigenvalue weighted by Crippen LogP contribution is 2.30. The molecule has 5 rings (SSSR count). The molecule has 0 bridgehead atoms. The van der Waals surface area contributed by atoms with Gasteiger partial charge in [-0.25, -0.2) is 4.98 Å². The number of pyridine rings is 1. The molecule has 1 heterocycles. The minimum absolute atomic E-state index is 0.00933. The number of nitrogens with zero attached hydrogens (tertiary/aromatic N) is 2. The van der Waals surface area contributed by atoms with Crippen molar-refractivity contribution >= 4 is 5.91 Å². The molecule has 33 heavy (non-hydrogen) atoms. The lowest BCUT2D eigenvalue weighted by atomic mass is 9.86. The zero-order chi connectivity index (χ0) is 22.6. The third-order valence-corrected chi connectivity index (χ3v) is 7.72. The number of rotatable bonds is 9. The fourth-order valence-corrected chi connectivity index (χ4v) is 5.30. The maximum atomic E-state index is 13.0. The number of hydrogen-bond donors (Lipinski definition) is 1. The van der Waals surface area contributed by atoms with E-state index in [1.807, 2.05) is 18.0 Å². The molecule has 0 radical (unpaired) electrons. The number of benzene rings is 1. The van der Waals surface area contributed by atoms with E-state index in [-0.39, 0.29) is 11.9 Å². The number of amides is 1. The highest BCUT2D eigenvalue weighted by atomic mass is 16.5. The van der Waals surface area contributed by atoms with Gasteiger partial charge in [-0.2, -0.15) is 0 Å². The van der Waals surface area contributed by atoms with Crippen molar-refractivity contribution < 1.29 is 9.53 Å². The Hall–Kier alpha value is -2.40. The number of nitrogens with one attached hydrogen (secondary N) is 1. The first-order valence-corrected chi connectivity index (χ1v) is 12.8. The van der Waals surface area contributed by atoms with Crippen molar-refractivity contribution in [1.82, 2.24) is 15.2 Å². The molecule has 176 valence electrons. The van der Waals surface area contributed by atoms with Gasteiger partial charge in [0.2, 0.25) is 0 Å². The zero-order valence-electron chi connectivity index (χ0n) is 19.9. The molecule has 0 saturated heterocycles. The SMILES string of the molecule is CN(C(=O)c1ccc(OCC2CC2)cn1)[C@H]1CCc2cc(CNCC3CCCC3)ccc2C1. The number of ether oxygens (including phenoxy) is 1.